The zero-order valence-electron chi connectivity index (χ0n) is 9.82. The van der Waals surface area contributed by atoms with E-state index in [-0.39, 0.29) is 5.97 Å². The Morgan fingerprint density at radius 3 is 3.00 bits per heavy atom. The normalized spacial score (nSPS) is 13.6. The van der Waals surface area contributed by atoms with Crippen molar-refractivity contribution in [3.05, 3.63) is 34.0 Å². The van der Waals surface area contributed by atoms with E-state index in [1.54, 1.807) is 18.3 Å². The molecule has 1 atom stereocenters. The summed E-state index contributed by atoms with van der Waals surface area (Å²) < 4.78 is 4.61. The van der Waals surface area contributed by atoms with Gasteiger partial charge in [0.05, 0.1) is 7.11 Å². The summed E-state index contributed by atoms with van der Waals surface area (Å²) in [5.41, 5.74) is 0.633. The lowest BCUT2D eigenvalue weighted by atomic mass is 10.2. The molecule has 0 radical (unpaired) electrons. The standard InChI is InChI=1S/C12H17NO2S/c1-9(12(14)15-3)6-7-13-10(2)11-5-4-8-16-11/h4-6,8,10,13H,7H2,1-3H3/b9-6+/t10-/m0/s1. The van der Waals surface area contributed by atoms with Gasteiger partial charge in [-0.25, -0.2) is 4.79 Å². The van der Waals surface area contributed by atoms with Crippen molar-refractivity contribution in [2.75, 3.05) is 13.7 Å². The fourth-order valence-electron chi connectivity index (χ4n) is 1.27. The van der Waals surface area contributed by atoms with Crippen molar-refractivity contribution < 1.29 is 9.53 Å². The summed E-state index contributed by atoms with van der Waals surface area (Å²) >= 11 is 1.73. The van der Waals surface area contributed by atoms with E-state index in [1.165, 1.54) is 12.0 Å². The van der Waals surface area contributed by atoms with Crippen LogP contribution in [0.1, 0.15) is 24.8 Å². The zero-order valence-corrected chi connectivity index (χ0v) is 10.6. The summed E-state index contributed by atoms with van der Waals surface area (Å²) in [5.74, 6) is -0.273. The number of hydrogen-bond acceptors (Lipinski definition) is 4. The van der Waals surface area contributed by atoms with Gasteiger partial charge in [-0.05, 0) is 25.3 Å². The van der Waals surface area contributed by atoms with Crippen molar-refractivity contribution in [2.24, 2.45) is 0 Å². The molecule has 0 aliphatic heterocycles. The third kappa shape index (κ3) is 3.79. The second-order valence-electron chi connectivity index (χ2n) is 3.52. The number of ether oxygens (including phenoxy) is 1. The van der Waals surface area contributed by atoms with Crippen LogP contribution in [0.4, 0.5) is 0 Å². The first kappa shape index (κ1) is 12.9. The van der Waals surface area contributed by atoms with Crippen LogP contribution in [-0.4, -0.2) is 19.6 Å². The molecule has 1 aromatic heterocycles. The predicted molar refractivity (Wildman–Crippen MR) is 66.5 cm³/mol. The molecule has 16 heavy (non-hydrogen) atoms. The van der Waals surface area contributed by atoms with Crippen molar-refractivity contribution in [2.45, 2.75) is 19.9 Å². The lowest BCUT2D eigenvalue weighted by molar-refractivity contribution is -0.136. The molecule has 1 N–H and O–H groups in total. The smallest absolute Gasteiger partial charge is 0.333 e. The van der Waals surface area contributed by atoms with E-state index in [0.717, 1.165) is 0 Å². The number of methoxy groups -OCH3 is 1. The topological polar surface area (TPSA) is 38.3 Å². The highest BCUT2D eigenvalue weighted by molar-refractivity contribution is 7.10. The minimum atomic E-state index is -0.273. The molecule has 0 saturated heterocycles. The second-order valence-corrected chi connectivity index (χ2v) is 4.50. The Bertz CT molecular complexity index is 357. The van der Waals surface area contributed by atoms with Gasteiger partial charge >= 0.3 is 5.97 Å². The van der Waals surface area contributed by atoms with E-state index < -0.39 is 0 Å². The summed E-state index contributed by atoms with van der Waals surface area (Å²) in [5, 5.41) is 5.38. The monoisotopic (exact) mass is 239 g/mol. The van der Waals surface area contributed by atoms with Crippen LogP contribution >= 0.6 is 11.3 Å². The van der Waals surface area contributed by atoms with E-state index in [2.05, 4.69) is 28.4 Å². The van der Waals surface area contributed by atoms with Gasteiger partial charge in [0.1, 0.15) is 0 Å². The SMILES string of the molecule is COC(=O)/C(C)=C/CN[C@@H](C)c1cccs1. The van der Waals surface area contributed by atoms with Crippen LogP contribution in [-0.2, 0) is 9.53 Å². The fourth-order valence-corrected chi connectivity index (χ4v) is 2.03. The first-order chi connectivity index (χ1) is 7.65. The minimum Gasteiger partial charge on any atom is -0.466 e. The van der Waals surface area contributed by atoms with E-state index in [1.807, 2.05) is 12.1 Å². The molecule has 0 aliphatic rings. The summed E-state index contributed by atoms with van der Waals surface area (Å²) in [6.07, 6.45) is 1.84. The number of carbonyl (C=O) groups is 1. The van der Waals surface area contributed by atoms with Crippen molar-refractivity contribution in [3.63, 3.8) is 0 Å². The molecule has 0 bridgehead atoms. The van der Waals surface area contributed by atoms with Crippen molar-refractivity contribution in [1.82, 2.24) is 5.32 Å². The second kappa shape index (κ2) is 6.45. The van der Waals surface area contributed by atoms with Crippen molar-refractivity contribution in [1.29, 1.82) is 0 Å². The van der Waals surface area contributed by atoms with E-state index in [4.69, 9.17) is 0 Å². The highest BCUT2D eigenvalue weighted by atomic mass is 32.1. The molecule has 0 aromatic carbocycles. The third-order valence-electron chi connectivity index (χ3n) is 2.31. The van der Waals surface area contributed by atoms with Gasteiger partial charge in [0.15, 0.2) is 0 Å². The molecule has 4 heteroatoms. The Labute approximate surface area is 100 Å². The van der Waals surface area contributed by atoms with Gasteiger partial charge in [-0.2, -0.15) is 0 Å². The summed E-state index contributed by atoms with van der Waals surface area (Å²) in [6.45, 7) is 4.52. The number of hydrogen-bond donors (Lipinski definition) is 1. The summed E-state index contributed by atoms with van der Waals surface area (Å²) in [6, 6.07) is 4.44. The largest absolute Gasteiger partial charge is 0.466 e. The van der Waals surface area contributed by atoms with Crippen molar-refractivity contribution in [3.8, 4) is 0 Å². The molecule has 0 unspecified atom stereocenters. The Morgan fingerprint density at radius 1 is 1.69 bits per heavy atom. The molecule has 1 aromatic rings. The maximum Gasteiger partial charge on any atom is 0.333 e. The van der Waals surface area contributed by atoms with Crippen LogP contribution in [0.5, 0.6) is 0 Å². The molecular formula is C12H17NO2S. The van der Waals surface area contributed by atoms with Crippen LogP contribution in [0.15, 0.2) is 29.2 Å². The minimum absolute atomic E-state index is 0.273. The van der Waals surface area contributed by atoms with Gasteiger partial charge in [0, 0.05) is 23.0 Å². The van der Waals surface area contributed by atoms with Crippen LogP contribution in [0, 0.1) is 0 Å². The molecular weight excluding hydrogens is 222 g/mol. The maximum absolute atomic E-state index is 11.1. The number of nitrogens with one attached hydrogen (secondary N) is 1. The molecule has 3 nitrogen and oxygen atoms in total. The predicted octanol–water partition coefficient (Wildman–Crippen LogP) is 2.52. The molecule has 0 saturated carbocycles. The lowest BCUT2D eigenvalue weighted by Gasteiger charge is -2.10. The van der Waals surface area contributed by atoms with Crippen molar-refractivity contribution >= 4 is 17.3 Å². The molecule has 1 heterocycles. The Kier molecular flexibility index (Phi) is 5.22. The zero-order chi connectivity index (χ0) is 12.0. The highest BCUT2D eigenvalue weighted by Gasteiger charge is 2.05. The van der Waals surface area contributed by atoms with E-state index >= 15 is 0 Å². The number of carbonyl (C=O) groups excluding carboxylic acids is 1. The average molecular weight is 239 g/mol. The van der Waals surface area contributed by atoms with Gasteiger partial charge in [-0.15, -0.1) is 11.3 Å². The third-order valence-corrected chi connectivity index (χ3v) is 3.36. The number of esters is 1. The molecule has 0 spiro atoms. The molecule has 88 valence electrons. The van der Waals surface area contributed by atoms with Crippen LogP contribution in [0.25, 0.3) is 0 Å². The molecule has 0 amide bonds. The van der Waals surface area contributed by atoms with Crippen LogP contribution in [0.3, 0.4) is 0 Å². The van der Waals surface area contributed by atoms with Crippen LogP contribution in [0.2, 0.25) is 0 Å². The van der Waals surface area contributed by atoms with Gasteiger partial charge in [-0.3, -0.25) is 0 Å². The Balaban J connectivity index is 2.38. The summed E-state index contributed by atoms with van der Waals surface area (Å²) in [7, 11) is 1.39. The van der Waals surface area contributed by atoms with Gasteiger partial charge in [0.25, 0.3) is 0 Å². The summed E-state index contributed by atoms with van der Waals surface area (Å²) in [4.78, 5) is 12.4. The highest BCUT2D eigenvalue weighted by Crippen LogP contribution is 2.17. The molecule has 0 aliphatic carbocycles. The Hall–Kier alpha value is -1.13. The van der Waals surface area contributed by atoms with Gasteiger partial charge in [0.2, 0.25) is 0 Å². The van der Waals surface area contributed by atoms with E-state index in [9.17, 15) is 4.79 Å². The van der Waals surface area contributed by atoms with E-state index in [0.29, 0.717) is 18.2 Å². The first-order valence-electron chi connectivity index (χ1n) is 5.17. The van der Waals surface area contributed by atoms with Gasteiger partial charge in [-0.1, -0.05) is 12.1 Å². The average Bonchev–Trinajstić information content (AvgIpc) is 2.81. The fraction of sp³-hybridized carbons (Fsp3) is 0.417. The molecule has 0 fully saturated rings. The Morgan fingerprint density at radius 2 is 2.44 bits per heavy atom. The quantitative estimate of drug-likeness (QED) is 0.634. The number of rotatable bonds is 5. The van der Waals surface area contributed by atoms with Crippen LogP contribution < -0.4 is 5.32 Å². The number of thiophene rings is 1. The first-order valence-corrected chi connectivity index (χ1v) is 6.05. The maximum atomic E-state index is 11.1. The molecule has 1 rings (SSSR count). The lowest BCUT2D eigenvalue weighted by Crippen LogP contribution is -2.18. The van der Waals surface area contributed by atoms with Gasteiger partial charge < -0.3 is 10.1 Å².